The first-order valence-electron chi connectivity index (χ1n) is 7.42. The summed E-state index contributed by atoms with van der Waals surface area (Å²) in [6, 6.07) is 0.445. The summed E-state index contributed by atoms with van der Waals surface area (Å²) in [5, 5.41) is 0. The molecule has 1 unspecified atom stereocenters. The summed E-state index contributed by atoms with van der Waals surface area (Å²) in [7, 11) is 0. The van der Waals surface area contributed by atoms with Crippen LogP contribution in [-0.4, -0.2) is 6.04 Å². The minimum Gasteiger partial charge on any atom is -0.328 e. The molecule has 16 heavy (non-hydrogen) atoms. The highest BCUT2D eigenvalue weighted by Crippen LogP contribution is 2.12. The SMILES string of the molecule is CCCCCCCCCCC(N)CC(C)C. The highest BCUT2D eigenvalue weighted by atomic mass is 14.6. The van der Waals surface area contributed by atoms with Gasteiger partial charge in [0.1, 0.15) is 0 Å². The van der Waals surface area contributed by atoms with Gasteiger partial charge in [0.2, 0.25) is 0 Å². The van der Waals surface area contributed by atoms with Crippen LogP contribution in [0.4, 0.5) is 0 Å². The lowest BCUT2D eigenvalue weighted by Gasteiger charge is -2.13. The third kappa shape index (κ3) is 12.0. The van der Waals surface area contributed by atoms with Crippen molar-refractivity contribution in [1.82, 2.24) is 0 Å². The van der Waals surface area contributed by atoms with Gasteiger partial charge in [0.05, 0.1) is 0 Å². The van der Waals surface area contributed by atoms with Crippen molar-refractivity contribution in [3.63, 3.8) is 0 Å². The van der Waals surface area contributed by atoms with Crippen molar-refractivity contribution in [2.24, 2.45) is 11.7 Å². The molecule has 0 aromatic carbocycles. The van der Waals surface area contributed by atoms with Gasteiger partial charge in [0.15, 0.2) is 0 Å². The predicted molar refractivity (Wildman–Crippen MR) is 74.7 cm³/mol. The topological polar surface area (TPSA) is 26.0 Å². The molecular formula is C15H33N. The maximum Gasteiger partial charge on any atom is 0.00412 e. The Kier molecular flexibility index (Phi) is 11.4. The summed E-state index contributed by atoms with van der Waals surface area (Å²) in [5.41, 5.74) is 6.06. The molecule has 0 aliphatic heterocycles. The van der Waals surface area contributed by atoms with Crippen LogP contribution >= 0.6 is 0 Å². The summed E-state index contributed by atoms with van der Waals surface area (Å²) < 4.78 is 0. The van der Waals surface area contributed by atoms with Gasteiger partial charge in [-0.15, -0.1) is 0 Å². The average Bonchev–Trinajstić information content (AvgIpc) is 2.21. The maximum atomic E-state index is 6.06. The largest absolute Gasteiger partial charge is 0.328 e. The average molecular weight is 227 g/mol. The van der Waals surface area contributed by atoms with E-state index in [9.17, 15) is 0 Å². The predicted octanol–water partition coefficient (Wildman–Crippen LogP) is 4.89. The molecule has 0 rings (SSSR count). The Balaban J connectivity index is 3.08. The molecule has 0 saturated heterocycles. The summed E-state index contributed by atoms with van der Waals surface area (Å²) >= 11 is 0. The van der Waals surface area contributed by atoms with Crippen molar-refractivity contribution >= 4 is 0 Å². The Morgan fingerprint density at radius 3 is 1.81 bits per heavy atom. The molecule has 0 spiro atoms. The molecule has 0 fully saturated rings. The van der Waals surface area contributed by atoms with Gasteiger partial charge in [0, 0.05) is 6.04 Å². The monoisotopic (exact) mass is 227 g/mol. The van der Waals surface area contributed by atoms with E-state index in [4.69, 9.17) is 5.73 Å². The fourth-order valence-electron chi connectivity index (χ4n) is 2.26. The van der Waals surface area contributed by atoms with Gasteiger partial charge in [-0.1, -0.05) is 72.1 Å². The van der Waals surface area contributed by atoms with Crippen molar-refractivity contribution < 1.29 is 0 Å². The number of nitrogens with two attached hydrogens (primary N) is 1. The van der Waals surface area contributed by atoms with Crippen molar-refractivity contribution in [3.8, 4) is 0 Å². The molecule has 0 aromatic heterocycles. The van der Waals surface area contributed by atoms with Gasteiger partial charge >= 0.3 is 0 Å². The summed E-state index contributed by atoms with van der Waals surface area (Å²) in [4.78, 5) is 0. The first-order valence-corrected chi connectivity index (χ1v) is 7.42. The third-order valence-corrected chi connectivity index (χ3v) is 3.20. The number of rotatable bonds is 11. The molecule has 0 amide bonds. The van der Waals surface area contributed by atoms with Crippen LogP contribution in [0.3, 0.4) is 0 Å². The Hall–Kier alpha value is -0.0400. The van der Waals surface area contributed by atoms with Crippen LogP contribution < -0.4 is 5.73 Å². The fraction of sp³-hybridized carbons (Fsp3) is 1.00. The normalized spacial score (nSPS) is 13.3. The molecular weight excluding hydrogens is 194 g/mol. The molecule has 0 saturated carbocycles. The Morgan fingerprint density at radius 1 is 0.812 bits per heavy atom. The van der Waals surface area contributed by atoms with Crippen molar-refractivity contribution in [1.29, 1.82) is 0 Å². The lowest BCUT2D eigenvalue weighted by atomic mass is 9.99. The second-order valence-corrected chi connectivity index (χ2v) is 5.65. The maximum absolute atomic E-state index is 6.06. The standard InChI is InChI=1S/C15H33N/c1-4-5-6-7-8-9-10-11-12-15(16)13-14(2)3/h14-15H,4-13,16H2,1-3H3. The zero-order chi connectivity index (χ0) is 12.2. The van der Waals surface area contributed by atoms with E-state index in [-0.39, 0.29) is 0 Å². The van der Waals surface area contributed by atoms with Gasteiger partial charge < -0.3 is 5.73 Å². The van der Waals surface area contributed by atoms with Gasteiger partial charge in [0.25, 0.3) is 0 Å². The molecule has 0 radical (unpaired) electrons. The highest BCUT2D eigenvalue weighted by Gasteiger charge is 2.04. The zero-order valence-corrected chi connectivity index (χ0v) is 11.8. The first-order chi connectivity index (χ1) is 7.66. The van der Waals surface area contributed by atoms with Gasteiger partial charge in [-0.3, -0.25) is 0 Å². The van der Waals surface area contributed by atoms with Crippen LogP contribution in [0.5, 0.6) is 0 Å². The van der Waals surface area contributed by atoms with Crippen LogP contribution in [0, 0.1) is 5.92 Å². The van der Waals surface area contributed by atoms with E-state index < -0.39 is 0 Å². The second-order valence-electron chi connectivity index (χ2n) is 5.65. The Labute approximate surface area is 103 Å². The molecule has 0 aliphatic carbocycles. The van der Waals surface area contributed by atoms with Gasteiger partial charge in [-0.05, 0) is 18.8 Å². The molecule has 0 aromatic rings. The van der Waals surface area contributed by atoms with Gasteiger partial charge in [-0.2, -0.15) is 0 Å². The quantitative estimate of drug-likeness (QED) is 0.500. The minimum absolute atomic E-state index is 0.445. The molecule has 0 heterocycles. The lowest BCUT2D eigenvalue weighted by molar-refractivity contribution is 0.450. The highest BCUT2D eigenvalue weighted by molar-refractivity contribution is 4.63. The molecule has 2 N–H and O–H groups in total. The smallest absolute Gasteiger partial charge is 0.00412 e. The fourth-order valence-corrected chi connectivity index (χ4v) is 2.26. The van der Waals surface area contributed by atoms with E-state index in [1.165, 1.54) is 64.2 Å². The van der Waals surface area contributed by atoms with Gasteiger partial charge in [-0.25, -0.2) is 0 Å². The van der Waals surface area contributed by atoms with E-state index in [0.717, 1.165) is 5.92 Å². The van der Waals surface area contributed by atoms with E-state index in [0.29, 0.717) is 6.04 Å². The molecule has 98 valence electrons. The first kappa shape index (κ1) is 16.0. The summed E-state index contributed by atoms with van der Waals surface area (Å²) in [6.45, 7) is 6.79. The third-order valence-electron chi connectivity index (χ3n) is 3.20. The molecule has 0 bridgehead atoms. The molecule has 1 heteroatoms. The Morgan fingerprint density at radius 2 is 1.31 bits per heavy atom. The van der Waals surface area contributed by atoms with Crippen LogP contribution in [0.25, 0.3) is 0 Å². The van der Waals surface area contributed by atoms with Crippen molar-refractivity contribution in [2.75, 3.05) is 0 Å². The van der Waals surface area contributed by atoms with Crippen LogP contribution in [0.1, 0.15) is 85.0 Å². The van der Waals surface area contributed by atoms with Crippen LogP contribution in [-0.2, 0) is 0 Å². The van der Waals surface area contributed by atoms with Crippen LogP contribution in [0.15, 0.2) is 0 Å². The van der Waals surface area contributed by atoms with E-state index in [1.54, 1.807) is 0 Å². The second kappa shape index (κ2) is 11.4. The lowest BCUT2D eigenvalue weighted by Crippen LogP contribution is -2.21. The minimum atomic E-state index is 0.445. The van der Waals surface area contributed by atoms with E-state index in [2.05, 4.69) is 20.8 Å². The molecule has 0 aliphatic rings. The molecule has 1 nitrogen and oxygen atoms in total. The van der Waals surface area contributed by atoms with Crippen molar-refractivity contribution in [3.05, 3.63) is 0 Å². The Bertz CT molecular complexity index is 131. The van der Waals surface area contributed by atoms with E-state index in [1.807, 2.05) is 0 Å². The number of hydrogen-bond donors (Lipinski definition) is 1. The van der Waals surface area contributed by atoms with Crippen molar-refractivity contribution in [2.45, 2.75) is 91.0 Å². The van der Waals surface area contributed by atoms with E-state index >= 15 is 0 Å². The summed E-state index contributed by atoms with van der Waals surface area (Å²) in [6.07, 6.45) is 13.6. The number of unbranched alkanes of at least 4 members (excludes halogenated alkanes) is 7. The summed E-state index contributed by atoms with van der Waals surface area (Å²) in [5.74, 6) is 0.754. The zero-order valence-electron chi connectivity index (χ0n) is 11.8. The number of hydrogen-bond acceptors (Lipinski definition) is 1. The van der Waals surface area contributed by atoms with Crippen LogP contribution in [0.2, 0.25) is 0 Å². The molecule has 1 atom stereocenters.